The largest absolute Gasteiger partial charge is 1.00 e. The van der Waals surface area contributed by atoms with E-state index in [9.17, 15) is 9.46 Å². The summed E-state index contributed by atoms with van der Waals surface area (Å²) in [5.74, 6) is 0. The molecule has 0 aliphatic rings. The van der Waals surface area contributed by atoms with Crippen LogP contribution < -0.4 is 34.5 Å². The van der Waals surface area contributed by atoms with Gasteiger partial charge in [0.2, 0.25) is 0 Å². The molecule has 152 valence electrons. The Bertz CT molecular complexity index is 297. The van der Waals surface area contributed by atoms with Gasteiger partial charge >= 0.3 is 29.6 Å². The van der Waals surface area contributed by atoms with Crippen LogP contribution in [0.1, 0.15) is 39.5 Å². The molecule has 0 saturated carbocycles. The number of hydrogen-bond acceptors (Lipinski definition) is 8. The van der Waals surface area contributed by atoms with Crippen molar-refractivity contribution in [3.05, 3.63) is 0 Å². The molecule has 0 aromatic rings. The smallest absolute Gasteiger partial charge is 0.756 e. The summed E-state index contributed by atoms with van der Waals surface area (Å²) in [6.07, 6.45) is 4.22. The second-order valence-electron chi connectivity index (χ2n) is 5.27. The fourth-order valence-electron chi connectivity index (χ4n) is 1.59. The Kier molecular flexibility index (Phi) is 24.9. The van der Waals surface area contributed by atoms with Crippen molar-refractivity contribution in [3.8, 4) is 0 Å². The molecule has 8 nitrogen and oxygen atoms in total. The first-order chi connectivity index (χ1) is 12.1. The number of hydrogen-bond donors (Lipinski definition) is 0. The van der Waals surface area contributed by atoms with Gasteiger partial charge < -0.3 is 32.9 Å². The van der Waals surface area contributed by atoms with E-state index in [0.29, 0.717) is 39.6 Å². The second kappa shape index (κ2) is 22.2. The number of rotatable bonds is 20. The minimum Gasteiger partial charge on any atom is -0.756 e. The summed E-state index contributed by atoms with van der Waals surface area (Å²) in [7, 11) is -4.31. The molecule has 0 N–H and O–H groups in total. The van der Waals surface area contributed by atoms with Crippen LogP contribution in [-0.4, -0.2) is 66.1 Å². The molecule has 0 radical (unpaired) electrons. The van der Waals surface area contributed by atoms with Gasteiger partial charge in [-0.3, -0.25) is 4.57 Å². The zero-order chi connectivity index (χ0) is 18.6. The van der Waals surface area contributed by atoms with Gasteiger partial charge in [0.15, 0.2) is 0 Å². The molecule has 0 amide bonds. The van der Waals surface area contributed by atoms with Gasteiger partial charge in [-0.15, -0.1) is 0 Å². The monoisotopic (exact) mass is 408 g/mol. The molecule has 0 aliphatic heterocycles. The molecule has 0 fully saturated rings. The normalized spacial score (nSPS) is 11.5. The van der Waals surface area contributed by atoms with Crippen LogP contribution in [0.25, 0.3) is 0 Å². The van der Waals surface area contributed by atoms with E-state index in [1.807, 2.05) is 0 Å². The van der Waals surface area contributed by atoms with E-state index in [4.69, 9.17) is 18.9 Å². The average Bonchev–Trinajstić information content (AvgIpc) is 2.59. The molecule has 0 unspecified atom stereocenters. The number of ether oxygens (including phenoxy) is 4. The Morgan fingerprint density at radius 3 is 1.27 bits per heavy atom. The molecule has 0 aromatic heterocycles. The Labute approximate surface area is 180 Å². The van der Waals surface area contributed by atoms with E-state index < -0.39 is 7.82 Å². The van der Waals surface area contributed by atoms with Crippen LogP contribution in [0.3, 0.4) is 0 Å². The van der Waals surface area contributed by atoms with E-state index in [-0.39, 0.29) is 56.0 Å². The van der Waals surface area contributed by atoms with Crippen LogP contribution in [0.15, 0.2) is 0 Å². The summed E-state index contributed by atoms with van der Waals surface area (Å²) >= 11 is 0. The second-order valence-corrected chi connectivity index (χ2v) is 6.68. The number of unbranched alkanes of at least 4 members (excludes halogenated alkanes) is 2. The van der Waals surface area contributed by atoms with Crippen molar-refractivity contribution >= 4 is 7.82 Å². The standard InChI is InChI=1S/C16H35O8P.Na/c1-3-5-7-19-9-11-21-13-15-23-25(17,18)24-16-14-22-12-10-20-8-6-4-2;/h3-16H2,1-2H3,(H,17,18);/q;+1/p-1. The Morgan fingerprint density at radius 1 is 0.615 bits per heavy atom. The molecule has 26 heavy (non-hydrogen) atoms. The third kappa shape index (κ3) is 23.0. The fourth-order valence-corrected chi connectivity index (χ4v) is 2.26. The first-order valence-corrected chi connectivity index (χ1v) is 10.5. The molecule has 0 saturated heterocycles. The Balaban J connectivity index is 0. The van der Waals surface area contributed by atoms with Crippen LogP contribution >= 0.6 is 7.82 Å². The van der Waals surface area contributed by atoms with Gasteiger partial charge in [0.25, 0.3) is 7.82 Å². The summed E-state index contributed by atoms with van der Waals surface area (Å²) in [5, 5.41) is 0. The summed E-state index contributed by atoms with van der Waals surface area (Å²) in [5.41, 5.74) is 0. The molecule has 0 aliphatic carbocycles. The van der Waals surface area contributed by atoms with E-state index in [2.05, 4.69) is 22.9 Å². The fraction of sp³-hybridized carbons (Fsp3) is 1.00. The maximum absolute atomic E-state index is 11.5. The average molecular weight is 408 g/mol. The van der Waals surface area contributed by atoms with Crippen LogP contribution in [0.2, 0.25) is 0 Å². The molecular formula is C16H34NaO8P. The molecule has 0 rings (SSSR count). The first-order valence-electron chi connectivity index (χ1n) is 9.03. The van der Waals surface area contributed by atoms with Crippen LogP contribution in [0, 0.1) is 0 Å². The molecule has 0 heterocycles. The van der Waals surface area contributed by atoms with Gasteiger partial charge in [-0.25, -0.2) is 0 Å². The van der Waals surface area contributed by atoms with Gasteiger partial charge in [0.05, 0.1) is 52.9 Å². The third-order valence-electron chi connectivity index (χ3n) is 2.98. The molecule has 0 bridgehead atoms. The van der Waals surface area contributed by atoms with Gasteiger partial charge in [-0.2, -0.15) is 0 Å². The maximum Gasteiger partial charge on any atom is 1.00 e. The molecule has 0 spiro atoms. The summed E-state index contributed by atoms with van der Waals surface area (Å²) in [6.45, 7) is 7.58. The minimum absolute atomic E-state index is 0. The maximum atomic E-state index is 11.5. The van der Waals surface area contributed by atoms with Gasteiger partial charge in [-0.1, -0.05) is 26.7 Å². The van der Waals surface area contributed by atoms with E-state index >= 15 is 0 Å². The SMILES string of the molecule is CCCCOCCOCCOP(=O)([O-])OCCOCCOCCCC.[Na+]. The molecule has 0 aromatic carbocycles. The van der Waals surface area contributed by atoms with E-state index in [1.165, 1.54) is 0 Å². The summed E-state index contributed by atoms with van der Waals surface area (Å²) < 4.78 is 41.8. The van der Waals surface area contributed by atoms with Gasteiger partial charge in [-0.05, 0) is 12.8 Å². The quantitative estimate of drug-likeness (QED) is 0.146. The van der Waals surface area contributed by atoms with Crippen molar-refractivity contribution in [1.29, 1.82) is 0 Å². The Hall–Kier alpha value is 0.950. The van der Waals surface area contributed by atoms with Gasteiger partial charge in [0.1, 0.15) is 0 Å². The van der Waals surface area contributed by atoms with Crippen molar-refractivity contribution in [2.75, 3.05) is 66.1 Å². The number of phosphoric ester groups is 1. The minimum atomic E-state index is -4.31. The Morgan fingerprint density at radius 2 is 0.923 bits per heavy atom. The predicted octanol–water partition coefficient (Wildman–Crippen LogP) is -0.841. The van der Waals surface area contributed by atoms with E-state index in [1.54, 1.807) is 0 Å². The van der Waals surface area contributed by atoms with Crippen LogP contribution in [0.5, 0.6) is 0 Å². The van der Waals surface area contributed by atoms with E-state index in [0.717, 1.165) is 25.7 Å². The van der Waals surface area contributed by atoms with Crippen LogP contribution in [0.4, 0.5) is 0 Å². The summed E-state index contributed by atoms with van der Waals surface area (Å²) in [4.78, 5) is 11.5. The zero-order valence-corrected chi connectivity index (χ0v) is 19.5. The van der Waals surface area contributed by atoms with Crippen LogP contribution in [-0.2, 0) is 32.6 Å². The zero-order valence-electron chi connectivity index (χ0n) is 16.6. The van der Waals surface area contributed by atoms with Crippen molar-refractivity contribution in [1.82, 2.24) is 0 Å². The topological polar surface area (TPSA) is 95.5 Å². The molecule has 0 atom stereocenters. The number of phosphoric acid groups is 1. The van der Waals surface area contributed by atoms with Crippen molar-refractivity contribution in [2.24, 2.45) is 0 Å². The van der Waals surface area contributed by atoms with Crippen molar-refractivity contribution in [3.63, 3.8) is 0 Å². The summed E-state index contributed by atoms with van der Waals surface area (Å²) in [6, 6.07) is 0. The van der Waals surface area contributed by atoms with Gasteiger partial charge in [0, 0.05) is 13.2 Å². The molecular weight excluding hydrogens is 374 g/mol. The first kappa shape index (κ1) is 29.2. The predicted molar refractivity (Wildman–Crippen MR) is 92.6 cm³/mol. The van der Waals surface area contributed by atoms with Crippen molar-refractivity contribution < 1.29 is 67.0 Å². The molecule has 10 heteroatoms. The van der Waals surface area contributed by atoms with Crippen molar-refractivity contribution in [2.45, 2.75) is 39.5 Å². The third-order valence-corrected chi connectivity index (χ3v) is 3.98.